The van der Waals surface area contributed by atoms with Crippen molar-refractivity contribution < 1.29 is 23.5 Å². The molecule has 36 heavy (non-hydrogen) atoms. The van der Waals surface area contributed by atoms with E-state index in [9.17, 15) is 18.8 Å². The smallest absolute Gasteiger partial charge is 0.411 e. The van der Waals surface area contributed by atoms with Crippen molar-refractivity contribution in [3.8, 4) is 0 Å². The van der Waals surface area contributed by atoms with E-state index in [1.165, 1.54) is 17.0 Å². The molecule has 186 valence electrons. The first-order chi connectivity index (χ1) is 17.3. The average molecular weight is 490 g/mol. The van der Waals surface area contributed by atoms with Crippen LogP contribution in [0.3, 0.4) is 0 Å². The Kier molecular flexibility index (Phi) is 7.63. The Balaban J connectivity index is 1.60. The van der Waals surface area contributed by atoms with Crippen LogP contribution in [0.2, 0.25) is 0 Å². The molecule has 0 saturated carbocycles. The summed E-state index contributed by atoms with van der Waals surface area (Å²) in [5.74, 6) is -0.797. The Morgan fingerprint density at radius 1 is 1.00 bits per heavy atom. The minimum absolute atomic E-state index is 0.0831. The van der Waals surface area contributed by atoms with E-state index in [0.29, 0.717) is 28.9 Å². The third kappa shape index (κ3) is 5.89. The topological polar surface area (TPSA) is 87.7 Å². The van der Waals surface area contributed by atoms with Crippen molar-refractivity contribution in [3.05, 3.63) is 101 Å². The molecule has 2 N–H and O–H groups in total. The molecule has 4 rings (SSSR count). The third-order valence-corrected chi connectivity index (χ3v) is 5.81. The lowest BCUT2D eigenvalue weighted by atomic mass is 9.99. The summed E-state index contributed by atoms with van der Waals surface area (Å²) in [6, 6.07) is 20.5. The zero-order valence-electron chi connectivity index (χ0n) is 20.1. The molecule has 7 nitrogen and oxygen atoms in total. The van der Waals surface area contributed by atoms with E-state index in [0.717, 1.165) is 0 Å². The van der Waals surface area contributed by atoms with E-state index in [-0.39, 0.29) is 30.1 Å². The number of nitrogens with zero attached hydrogens (tertiary/aromatic N) is 1. The van der Waals surface area contributed by atoms with Crippen molar-refractivity contribution in [2.45, 2.75) is 32.5 Å². The number of anilines is 1. The number of halogens is 1. The van der Waals surface area contributed by atoms with E-state index in [1.54, 1.807) is 60.7 Å². The van der Waals surface area contributed by atoms with Crippen molar-refractivity contribution in [1.29, 1.82) is 0 Å². The van der Waals surface area contributed by atoms with E-state index in [2.05, 4.69) is 10.6 Å². The lowest BCUT2D eigenvalue weighted by Crippen LogP contribution is -2.47. The number of hydrogen-bond donors (Lipinski definition) is 2. The summed E-state index contributed by atoms with van der Waals surface area (Å²) in [5, 5.41) is 5.74. The second-order valence-electron chi connectivity index (χ2n) is 9.09. The van der Waals surface area contributed by atoms with Crippen molar-refractivity contribution in [2.24, 2.45) is 5.92 Å². The first-order valence-corrected chi connectivity index (χ1v) is 11.8. The Labute approximate surface area is 209 Å². The molecule has 1 fully saturated rings. The summed E-state index contributed by atoms with van der Waals surface area (Å²) in [4.78, 5) is 40.1. The van der Waals surface area contributed by atoms with Crippen molar-refractivity contribution in [1.82, 2.24) is 10.2 Å². The molecule has 3 aromatic carbocycles. The molecule has 3 amide bonds. The van der Waals surface area contributed by atoms with Gasteiger partial charge in [0.15, 0.2) is 12.1 Å². The van der Waals surface area contributed by atoms with Crippen LogP contribution in [0.1, 0.15) is 41.4 Å². The second-order valence-corrected chi connectivity index (χ2v) is 9.09. The maximum Gasteiger partial charge on any atom is 0.411 e. The monoisotopic (exact) mass is 489 g/mol. The molecule has 0 aromatic heterocycles. The van der Waals surface area contributed by atoms with Gasteiger partial charge in [0.25, 0.3) is 5.91 Å². The highest BCUT2D eigenvalue weighted by Crippen LogP contribution is 2.35. The third-order valence-electron chi connectivity index (χ3n) is 5.81. The van der Waals surface area contributed by atoms with Crippen molar-refractivity contribution in [2.75, 3.05) is 11.9 Å². The molecular formula is C28H28FN3O4. The summed E-state index contributed by atoms with van der Waals surface area (Å²) in [7, 11) is 0. The highest BCUT2D eigenvalue weighted by molar-refractivity contribution is 6.04. The normalized spacial score (nSPS) is 17.1. The summed E-state index contributed by atoms with van der Waals surface area (Å²) in [6.07, 6.45) is -1.54. The maximum atomic E-state index is 13.4. The number of hydrogen-bond acceptors (Lipinski definition) is 4. The largest absolute Gasteiger partial charge is 0.438 e. The molecule has 1 aliphatic rings. The van der Waals surface area contributed by atoms with Crippen LogP contribution in [0, 0.1) is 11.7 Å². The average Bonchev–Trinajstić information content (AvgIpc) is 3.20. The summed E-state index contributed by atoms with van der Waals surface area (Å²) >= 11 is 0. The molecule has 2 unspecified atom stereocenters. The lowest BCUT2D eigenvalue weighted by Gasteiger charge is -2.25. The minimum atomic E-state index is -0.943. The van der Waals surface area contributed by atoms with Gasteiger partial charge in [0, 0.05) is 17.8 Å². The molecule has 1 heterocycles. The molecule has 0 radical (unpaired) electrons. The first kappa shape index (κ1) is 24.9. The lowest BCUT2D eigenvalue weighted by molar-refractivity contribution is -0.126. The second kappa shape index (κ2) is 11.0. The summed E-state index contributed by atoms with van der Waals surface area (Å²) in [5.41, 5.74) is 2.25. The molecule has 1 saturated heterocycles. The number of rotatable bonds is 8. The maximum absolute atomic E-state index is 13.4. The number of carbonyl (C=O) groups excluding carboxylic acids is 3. The van der Waals surface area contributed by atoms with E-state index in [4.69, 9.17) is 4.74 Å². The van der Waals surface area contributed by atoms with E-state index < -0.39 is 18.2 Å². The van der Waals surface area contributed by atoms with Gasteiger partial charge in [0.2, 0.25) is 5.91 Å². The van der Waals surface area contributed by atoms with Crippen LogP contribution in [-0.4, -0.2) is 35.4 Å². The van der Waals surface area contributed by atoms with Crippen LogP contribution in [0.4, 0.5) is 14.9 Å². The van der Waals surface area contributed by atoms with Gasteiger partial charge in [-0.3, -0.25) is 14.5 Å². The van der Waals surface area contributed by atoms with Gasteiger partial charge in [-0.05, 0) is 53.4 Å². The van der Waals surface area contributed by atoms with Crippen molar-refractivity contribution >= 4 is 23.6 Å². The summed E-state index contributed by atoms with van der Waals surface area (Å²) in [6.45, 7) is 4.47. The van der Waals surface area contributed by atoms with Gasteiger partial charge in [-0.15, -0.1) is 0 Å². The van der Waals surface area contributed by atoms with Crippen molar-refractivity contribution in [3.63, 3.8) is 0 Å². The number of nitrogens with one attached hydrogen (secondary N) is 2. The molecule has 0 aliphatic carbocycles. The first-order valence-electron chi connectivity index (χ1n) is 11.8. The van der Waals surface area contributed by atoms with Gasteiger partial charge < -0.3 is 15.4 Å². The number of ether oxygens (including phenoxy) is 1. The van der Waals surface area contributed by atoms with E-state index >= 15 is 0 Å². The highest BCUT2D eigenvalue weighted by atomic mass is 19.1. The molecule has 8 heteroatoms. The predicted molar refractivity (Wildman–Crippen MR) is 134 cm³/mol. The number of benzene rings is 3. The van der Waals surface area contributed by atoms with Crippen LogP contribution in [0.25, 0.3) is 0 Å². The Hall–Kier alpha value is -4.20. The minimum Gasteiger partial charge on any atom is -0.438 e. The fourth-order valence-electron chi connectivity index (χ4n) is 3.99. The summed E-state index contributed by atoms with van der Waals surface area (Å²) < 4.78 is 19.1. The number of carbonyl (C=O) groups is 3. The molecule has 1 aliphatic heterocycles. The Morgan fingerprint density at radius 3 is 2.42 bits per heavy atom. The molecular weight excluding hydrogens is 461 g/mol. The number of cyclic esters (lactones) is 1. The predicted octanol–water partition coefficient (Wildman–Crippen LogP) is 4.91. The van der Waals surface area contributed by atoms with Crippen LogP contribution in [0.5, 0.6) is 0 Å². The van der Waals surface area contributed by atoms with Crippen LogP contribution in [0.15, 0.2) is 78.9 Å². The zero-order valence-corrected chi connectivity index (χ0v) is 20.1. The van der Waals surface area contributed by atoms with Crippen LogP contribution >= 0.6 is 0 Å². The molecule has 2 atom stereocenters. The van der Waals surface area contributed by atoms with Gasteiger partial charge >= 0.3 is 6.09 Å². The highest BCUT2D eigenvalue weighted by Gasteiger charge is 2.47. The SMILES string of the molecule is CC(C)CNC(=O)C1C(c2cccc(NC(=O)c3ccccc3)c2)OC(=O)N1Cc1ccc(F)cc1. The van der Waals surface area contributed by atoms with Crippen LogP contribution < -0.4 is 10.6 Å². The molecule has 3 aromatic rings. The van der Waals surface area contributed by atoms with E-state index in [1.807, 2.05) is 19.9 Å². The molecule has 0 spiro atoms. The standard InChI is InChI=1S/C28H28FN3O4/c1-18(2)16-30-27(34)24-25(36-28(35)32(24)17-19-11-13-22(29)14-12-19)21-9-6-10-23(15-21)31-26(33)20-7-4-3-5-8-20/h3-15,18,24-25H,16-17H2,1-2H3,(H,30,34)(H,31,33). The Morgan fingerprint density at radius 2 is 1.72 bits per heavy atom. The number of amides is 3. The van der Waals surface area contributed by atoms with Gasteiger partial charge in [-0.1, -0.05) is 56.3 Å². The van der Waals surface area contributed by atoms with Gasteiger partial charge in [-0.2, -0.15) is 0 Å². The quantitative estimate of drug-likeness (QED) is 0.471. The fraction of sp³-hybridized carbons (Fsp3) is 0.250. The van der Waals surface area contributed by atoms with Crippen LogP contribution in [-0.2, 0) is 16.1 Å². The zero-order chi connectivity index (χ0) is 25.7. The molecule has 0 bridgehead atoms. The van der Waals surface area contributed by atoms with Gasteiger partial charge in [-0.25, -0.2) is 9.18 Å². The fourth-order valence-corrected chi connectivity index (χ4v) is 3.99. The van der Waals surface area contributed by atoms with Gasteiger partial charge in [0.05, 0.1) is 6.54 Å². The van der Waals surface area contributed by atoms with Gasteiger partial charge in [0.1, 0.15) is 5.82 Å². The Bertz CT molecular complexity index is 1230.